The van der Waals surface area contributed by atoms with Crippen molar-refractivity contribution in [2.24, 2.45) is 5.73 Å². The monoisotopic (exact) mass is 354 g/mol. The molecule has 1 fully saturated rings. The van der Waals surface area contributed by atoms with Crippen LogP contribution in [0.1, 0.15) is 12.0 Å². The SMILES string of the molecule is Cc1cc(S(=O)(=O)N2CCC(N)C2)ccc1Br.Cl. The zero-order valence-electron chi connectivity index (χ0n) is 9.97. The number of hydrogen-bond acceptors (Lipinski definition) is 3. The lowest BCUT2D eigenvalue weighted by atomic mass is 10.2. The van der Waals surface area contributed by atoms with Crippen molar-refractivity contribution in [3.63, 3.8) is 0 Å². The van der Waals surface area contributed by atoms with Gasteiger partial charge in [-0.15, -0.1) is 12.4 Å². The van der Waals surface area contributed by atoms with Crippen LogP contribution in [0.25, 0.3) is 0 Å². The van der Waals surface area contributed by atoms with E-state index in [1.54, 1.807) is 18.2 Å². The van der Waals surface area contributed by atoms with Crippen molar-refractivity contribution in [3.05, 3.63) is 28.2 Å². The summed E-state index contributed by atoms with van der Waals surface area (Å²) in [6, 6.07) is 5.03. The number of halogens is 2. The normalized spacial score (nSPS) is 20.7. The maximum Gasteiger partial charge on any atom is 0.243 e. The van der Waals surface area contributed by atoms with Crippen molar-refractivity contribution in [1.29, 1.82) is 0 Å². The first-order valence-corrected chi connectivity index (χ1v) is 7.66. The van der Waals surface area contributed by atoms with E-state index in [1.165, 1.54) is 4.31 Å². The molecule has 1 aliphatic rings. The first kappa shape index (κ1) is 15.9. The number of aryl methyl sites for hydroxylation is 1. The Morgan fingerprint density at radius 2 is 2.11 bits per heavy atom. The fourth-order valence-electron chi connectivity index (χ4n) is 1.90. The first-order chi connectivity index (χ1) is 7.91. The fourth-order valence-corrected chi connectivity index (χ4v) is 3.74. The summed E-state index contributed by atoms with van der Waals surface area (Å²) in [6.45, 7) is 2.80. The molecule has 2 N–H and O–H groups in total. The second kappa shape index (κ2) is 5.88. The van der Waals surface area contributed by atoms with Gasteiger partial charge in [-0.25, -0.2) is 8.42 Å². The lowest BCUT2D eigenvalue weighted by molar-refractivity contribution is 0.472. The lowest BCUT2D eigenvalue weighted by Crippen LogP contribution is -2.32. The molecule has 1 saturated heterocycles. The Kier molecular flexibility index (Phi) is 5.20. The molecule has 1 unspecified atom stereocenters. The van der Waals surface area contributed by atoms with Gasteiger partial charge in [-0.05, 0) is 37.1 Å². The van der Waals surface area contributed by atoms with Crippen LogP contribution < -0.4 is 5.73 Å². The molecular formula is C11H16BrClN2O2S. The molecule has 1 atom stereocenters. The highest BCUT2D eigenvalue weighted by atomic mass is 79.9. The molecule has 0 aliphatic carbocycles. The van der Waals surface area contributed by atoms with Gasteiger partial charge in [-0.3, -0.25) is 0 Å². The van der Waals surface area contributed by atoms with E-state index < -0.39 is 10.0 Å². The maximum absolute atomic E-state index is 12.3. The highest BCUT2D eigenvalue weighted by Crippen LogP contribution is 2.24. The van der Waals surface area contributed by atoms with Crippen molar-refractivity contribution in [1.82, 2.24) is 4.31 Å². The standard InChI is InChI=1S/C11H15BrN2O2S.ClH/c1-8-6-10(2-3-11(8)12)17(15,16)14-5-4-9(13)7-14;/h2-3,6,9H,4-5,7,13H2,1H3;1H. The Bertz CT molecular complexity index is 536. The second-order valence-corrected chi connectivity index (χ2v) is 7.12. The number of rotatable bonds is 2. The fraction of sp³-hybridized carbons (Fsp3) is 0.455. The quantitative estimate of drug-likeness (QED) is 0.881. The van der Waals surface area contributed by atoms with Gasteiger partial charge in [0.05, 0.1) is 4.90 Å². The van der Waals surface area contributed by atoms with Gasteiger partial charge in [0.2, 0.25) is 10.0 Å². The topological polar surface area (TPSA) is 63.4 Å². The Morgan fingerprint density at radius 1 is 1.44 bits per heavy atom. The zero-order valence-corrected chi connectivity index (χ0v) is 13.2. The minimum absolute atomic E-state index is 0. The number of benzene rings is 1. The molecule has 18 heavy (non-hydrogen) atoms. The third kappa shape index (κ3) is 3.05. The van der Waals surface area contributed by atoms with E-state index in [2.05, 4.69) is 15.9 Å². The summed E-state index contributed by atoms with van der Waals surface area (Å²) >= 11 is 3.36. The van der Waals surface area contributed by atoms with Crippen LogP contribution in [0, 0.1) is 6.92 Å². The van der Waals surface area contributed by atoms with Crippen LogP contribution in [-0.4, -0.2) is 31.9 Å². The van der Waals surface area contributed by atoms with Gasteiger partial charge in [0.1, 0.15) is 0 Å². The lowest BCUT2D eigenvalue weighted by Gasteiger charge is -2.16. The molecule has 102 valence electrons. The highest BCUT2D eigenvalue weighted by molar-refractivity contribution is 9.10. The van der Waals surface area contributed by atoms with E-state index in [0.29, 0.717) is 18.0 Å². The van der Waals surface area contributed by atoms with Crippen LogP contribution in [0.3, 0.4) is 0 Å². The summed E-state index contributed by atoms with van der Waals surface area (Å²) in [4.78, 5) is 0.340. The van der Waals surface area contributed by atoms with Gasteiger partial charge in [-0.2, -0.15) is 4.31 Å². The van der Waals surface area contributed by atoms with Crippen molar-refractivity contribution >= 4 is 38.4 Å². The van der Waals surface area contributed by atoms with Crippen LogP contribution in [0.4, 0.5) is 0 Å². The predicted octanol–water partition coefficient (Wildman–Crippen LogP) is 1.90. The van der Waals surface area contributed by atoms with Gasteiger partial charge in [0, 0.05) is 23.6 Å². The first-order valence-electron chi connectivity index (χ1n) is 5.43. The van der Waals surface area contributed by atoms with Crippen molar-refractivity contribution in [3.8, 4) is 0 Å². The molecule has 7 heteroatoms. The van der Waals surface area contributed by atoms with Gasteiger partial charge in [-0.1, -0.05) is 15.9 Å². The van der Waals surface area contributed by atoms with Crippen LogP contribution in [-0.2, 0) is 10.0 Å². The molecular weight excluding hydrogens is 340 g/mol. The summed E-state index contributed by atoms with van der Waals surface area (Å²) in [7, 11) is -3.38. The Hall–Kier alpha value is -0.140. The molecule has 0 amide bonds. The summed E-state index contributed by atoms with van der Waals surface area (Å²) in [5.41, 5.74) is 6.65. The Balaban J connectivity index is 0.00000162. The van der Waals surface area contributed by atoms with Gasteiger partial charge in [0.25, 0.3) is 0 Å². The summed E-state index contributed by atoms with van der Waals surface area (Å²) < 4.78 is 27.0. The van der Waals surface area contributed by atoms with E-state index in [4.69, 9.17) is 5.73 Å². The van der Waals surface area contributed by atoms with Crippen LogP contribution in [0.5, 0.6) is 0 Å². The van der Waals surface area contributed by atoms with E-state index in [0.717, 1.165) is 16.5 Å². The van der Waals surface area contributed by atoms with E-state index in [1.807, 2.05) is 6.92 Å². The average molecular weight is 356 g/mol. The molecule has 4 nitrogen and oxygen atoms in total. The van der Waals surface area contributed by atoms with Crippen molar-refractivity contribution < 1.29 is 8.42 Å². The largest absolute Gasteiger partial charge is 0.326 e. The van der Waals surface area contributed by atoms with Crippen LogP contribution >= 0.6 is 28.3 Å². The van der Waals surface area contributed by atoms with Crippen molar-refractivity contribution in [2.75, 3.05) is 13.1 Å². The molecule has 1 aromatic carbocycles. The molecule has 1 aliphatic heterocycles. The molecule has 0 spiro atoms. The van der Waals surface area contributed by atoms with Gasteiger partial charge < -0.3 is 5.73 Å². The molecule has 0 radical (unpaired) electrons. The number of sulfonamides is 1. The summed E-state index contributed by atoms with van der Waals surface area (Å²) in [6.07, 6.45) is 0.731. The molecule has 1 heterocycles. The van der Waals surface area contributed by atoms with Gasteiger partial charge >= 0.3 is 0 Å². The Morgan fingerprint density at radius 3 is 2.61 bits per heavy atom. The number of hydrogen-bond donors (Lipinski definition) is 1. The third-order valence-electron chi connectivity index (χ3n) is 2.95. The van der Waals surface area contributed by atoms with Crippen LogP contribution in [0.2, 0.25) is 0 Å². The van der Waals surface area contributed by atoms with E-state index in [9.17, 15) is 8.42 Å². The van der Waals surface area contributed by atoms with Crippen LogP contribution in [0.15, 0.2) is 27.6 Å². The number of nitrogens with two attached hydrogens (primary N) is 1. The highest BCUT2D eigenvalue weighted by Gasteiger charge is 2.30. The Labute approximate surface area is 122 Å². The summed E-state index contributed by atoms with van der Waals surface area (Å²) in [5.74, 6) is 0. The average Bonchev–Trinajstić information content (AvgIpc) is 2.69. The minimum atomic E-state index is -3.38. The van der Waals surface area contributed by atoms with Crippen molar-refractivity contribution in [2.45, 2.75) is 24.3 Å². The molecule has 2 rings (SSSR count). The van der Waals surface area contributed by atoms with Gasteiger partial charge in [0.15, 0.2) is 0 Å². The predicted molar refractivity (Wildman–Crippen MR) is 77.5 cm³/mol. The molecule has 1 aromatic rings. The molecule has 0 bridgehead atoms. The minimum Gasteiger partial charge on any atom is -0.326 e. The zero-order chi connectivity index (χ0) is 12.6. The van der Waals surface area contributed by atoms with E-state index in [-0.39, 0.29) is 18.4 Å². The smallest absolute Gasteiger partial charge is 0.243 e. The van der Waals surface area contributed by atoms with E-state index >= 15 is 0 Å². The molecule has 0 saturated carbocycles. The number of nitrogens with zero attached hydrogens (tertiary/aromatic N) is 1. The molecule has 0 aromatic heterocycles. The second-order valence-electron chi connectivity index (χ2n) is 4.32. The third-order valence-corrected chi connectivity index (χ3v) is 5.71. The summed E-state index contributed by atoms with van der Waals surface area (Å²) in [5, 5.41) is 0. The maximum atomic E-state index is 12.3.